The highest BCUT2D eigenvalue weighted by atomic mass is 79.9. The Balaban J connectivity index is 2.91. The predicted molar refractivity (Wildman–Crippen MR) is 55.5 cm³/mol. The number of hydrogen-bond donors (Lipinski definition) is 1. The average molecular weight is 271 g/mol. The van der Waals surface area contributed by atoms with Crippen molar-refractivity contribution in [1.82, 2.24) is 0 Å². The quantitative estimate of drug-likeness (QED) is 0.784. The van der Waals surface area contributed by atoms with Crippen LogP contribution in [-0.2, 0) is 9.84 Å². The molecule has 1 aliphatic rings. The lowest BCUT2D eigenvalue weighted by Gasteiger charge is -2.29. The third-order valence-electron chi connectivity index (χ3n) is 2.61. The molecule has 78 valence electrons. The first-order valence-corrected chi connectivity index (χ1v) is 7.08. The molecule has 1 rings (SSSR count). The molecule has 0 heterocycles. The van der Waals surface area contributed by atoms with Gasteiger partial charge in [0.25, 0.3) is 0 Å². The van der Waals surface area contributed by atoms with Gasteiger partial charge in [0.2, 0.25) is 0 Å². The summed E-state index contributed by atoms with van der Waals surface area (Å²) in [5, 5.41) is 9.82. The lowest BCUT2D eigenvalue weighted by molar-refractivity contribution is 0.135. The molecule has 1 N–H and O–H groups in total. The number of halogens is 1. The predicted octanol–water partition coefficient (Wildman–Crippen LogP) is 1.30. The van der Waals surface area contributed by atoms with Crippen LogP contribution in [0.1, 0.15) is 26.2 Å². The van der Waals surface area contributed by atoms with Crippen molar-refractivity contribution in [2.45, 2.75) is 35.9 Å². The van der Waals surface area contributed by atoms with Crippen molar-refractivity contribution in [2.75, 3.05) is 6.26 Å². The molecule has 0 amide bonds. The summed E-state index contributed by atoms with van der Waals surface area (Å²) in [5.41, 5.74) is 0. The normalized spacial score (nSPS) is 25.2. The Morgan fingerprint density at radius 1 is 1.62 bits per heavy atom. The van der Waals surface area contributed by atoms with Gasteiger partial charge in [-0.2, -0.15) is 0 Å². The van der Waals surface area contributed by atoms with Crippen LogP contribution in [0.2, 0.25) is 0 Å². The molecule has 1 aliphatic carbocycles. The van der Waals surface area contributed by atoms with Gasteiger partial charge in [0.15, 0.2) is 13.5 Å². The zero-order chi connectivity index (χ0) is 10.3. The molecule has 0 bridgehead atoms. The zero-order valence-corrected chi connectivity index (χ0v) is 10.2. The van der Waals surface area contributed by atoms with Gasteiger partial charge >= 0.3 is 0 Å². The van der Waals surface area contributed by atoms with Gasteiger partial charge < -0.3 is 5.11 Å². The van der Waals surface area contributed by atoms with Crippen molar-refractivity contribution >= 4 is 25.8 Å². The standard InChI is InChI=1S/C8H15BrO3S/c1-3-8(9,13(2,11)12)7(10)6-4-5-6/h6-7,10H,3-5H2,1-2H3. The van der Waals surface area contributed by atoms with Crippen molar-refractivity contribution in [3.63, 3.8) is 0 Å². The summed E-state index contributed by atoms with van der Waals surface area (Å²) >= 11 is 3.17. The number of rotatable bonds is 4. The minimum atomic E-state index is -3.25. The maximum Gasteiger partial charge on any atom is 0.165 e. The smallest absolute Gasteiger partial charge is 0.165 e. The molecule has 0 saturated heterocycles. The fourth-order valence-corrected chi connectivity index (χ4v) is 2.98. The largest absolute Gasteiger partial charge is 0.390 e. The van der Waals surface area contributed by atoms with Gasteiger partial charge in [0.1, 0.15) is 0 Å². The molecule has 1 saturated carbocycles. The Bertz CT molecular complexity index is 284. The van der Waals surface area contributed by atoms with Crippen LogP contribution in [-0.4, -0.2) is 29.5 Å². The van der Waals surface area contributed by atoms with Crippen LogP contribution in [0.15, 0.2) is 0 Å². The minimum absolute atomic E-state index is 0.161. The van der Waals surface area contributed by atoms with Crippen LogP contribution >= 0.6 is 15.9 Å². The average Bonchev–Trinajstić information content (AvgIpc) is 2.81. The fourth-order valence-electron chi connectivity index (χ4n) is 1.45. The molecular formula is C8H15BrO3S. The van der Waals surface area contributed by atoms with Gasteiger partial charge in [-0.05, 0) is 25.2 Å². The number of sulfone groups is 1. The lowest BCUT2D eigenvalue weighted by atomic mass is 10.1. The number of alkyl halides is 1. The van der Waals surface area contributed by atoms with E-state index in [-0.39, 0.29) is 5.92 Å². The van der Waals surface area contributed by atoms with Crippen molar-refractivity contribution < 1.29 is 13.5 Å². The summed E-state index contributed by atoms with van der Waals surface area (Å²) in [5.74, 6) is 0.161. The summed E-state index contributed by atoms with van der Waals surface area (Å²) in [6, 6.07) is 0. The Morgan fingerprint density at radius 3 is 2.31 bits per heavy atom. The Labute approximate surface area is 87.6 Å². The highest BCUT2D eigenvalue weighted by Crippen LogP contribution is 2.44. The van der Waals surface area contributed by atoms with Gasteiger partial charge in [-0.1, -0.05) is 22.9 Å². The number of aliphatic hydroxyl groups is 1. The summed E-state index contributed by atoms with van der Waals surface area (Å²) in [6.45, 7) is 1.77. The molecule has 0 spiro atoms. The molecule has 0 aromatic heterocycles. The van der Waals surface area contributed by atoms with Crippen LogP contribution in [0, 0.1) is 5.92 Å². The molecule has 0 aromatic rings. The van der Waals surface area contributed by atoms with Gasteiger partial charge in [-0.25, -0.2) is 8.42 Å². The van der Waals surface area contributed by atoms with Crippen molar-refractivity contribution in [2.24, 2.45) is 5.92 Å². The van der Waals surface area contributed by atoms with E-state index in [2.05, 4.69) is 15.9 Å². The van der Waals surface area contributed by atoms with Gasteiger partial charge in [-0.15, -0.1) is 0 Å². The second-order valence-electron chi connectivity index (χ2n) is 3.69. The SMILES string of the molecule is CCC(Br)(C(O)C1CC1)S(C)(=O)=O. The third-order valence-corrected chi connectivity index (χ3v) is 7.17. The topological polar surface area (TPSA) is 54.4 Å². The molecular weight excluding hydrogens is 256 g/mol. The molecule has 1 fully saturated rings. The Hall–Kier alpha value is 0.390. The van der Waals surface area contributed by atoms with Crippen molar-refractivity contribution in [1.29, 1.82) is 0 Å². The summed E-state index contributed by atoms with van der Waals surface area (Å²) in [4.78, 5) is 0. The molecule has 13 heavy (non-hydrogen) atoms. The molecule has 0 aliphatic heterocycles. The van der Waals surface area contributed by atoms with Crippen LogP contribution in [0.3, 0.4) is 0 Å². The van der Waals surface area contributed by atoms with Crippen molar-refractivity contribution in [3.8, 4) is 0 Å². The Morgan fingerprint density at radius 2 is 2.08 bits per heavy atom. The van der Waals surface area contributed by atoms with Crippen LogP contribution in [0.5, 0.6) is 0 Å². The molecule has 0 aromatic carbocycles. The lowest BCUT2D eigenvalue weighted by Crippen LogP contribution is -2.44. The first-order chi connectivity index (χ1) is 5.83. The van der Waals surface area contributed by atoms with E-state index in [1.54, 1.807) is 6.92 Å². The highest BCUT2D eigenvalue weighted by Gasteiger charge is 2.49. The fraction of sp³-hybridized carbons (Fsp3) is 1.00. The van der Waals surface area contributed by atoms with Crippen molar-refractivity contribution in [3.05, 3.63) is 0 Å². The monoisotopic (exact) mass is 270 g/mol. The van der Waals surface area contributed by atoms with E-state index in [9.17, 15) is 13.5 Å². The maximum absolute atomic E-state index is 11.5. The molecule has 3 nitrogen and oxygen atoms in total. The second kappa shape index (κ2) is 3.51. The van der Waals surface area contributed by atoms with E-state index in [1.807, 2.05) is 0 Å². The van der Waals surface area contributed by atoms with Crippen LogP contribution in [0.25, 0.3) is 0 Å². The van der Waals surface area contributed by atoms with Gasteiger partial charge in [0.05, 0.1) is 6.10 Å². The molecule has 0 radical (unpaired) electrons. The van der Waals surface area contributed by atoms with E-state index in [4.69, 9.17) is 0 Å². The Kier molecular flexibility index (Phi) is 3.10. The van der Waals surface area contributed by atoms with Gasteiger partial charge in [-0.3, -0.25) is 0 Å². The molecule has 2 atom stereocenters. The summed E-state index contributed by atoms with van der Waals surface area (Å²) < 4.78 is 21.8. The van der Waals surface area contributed by atoms with E-state index in [1.165, 1.54) is 0 Å². The maximum atomic E-state index is 11.5. The first kappa shape index (κ1) is 11.5. The van der Waals surface area contributed by atoms with E-state index < -0.39 is 19.6 Å². The minimum Gasteiger partial charge on any atom is -0.390 e. The van der Waals surface area contributed by atoms with E-state index in [0.29, 0.717) is 6.42 Å². The summed E-state index contributed by atoms with van der Waals surface area (Å²) in [6.07, 6.45) is 2.65. The van der Waals surface area contributed by atoms with Gasteiger partial charge in [0, 0.05) is 6.26 Å². The zero-order valence-electron chi connectivity index (χ0n) is 7.83. The first-order valence-electron chi connectivity index (χ1n) is 4.39. The van der Waals surface area contributed by atoms with E-state index in [0.717, 1.165) is 19.1 Å². The number of hydrogen-bond acceptors (Lipinski definition) is 3. The second-order valence-corrected chi connectivity index (χ2v) is 7.91. The summed E-state index contributed by atoms with van der Waals surface area (Å²) in [7, 11) is -3.25. The van der Waals surface area contributed by atoms with Crippen LogP contribution in [0.4, 0.5) is 0 Å². The number of aliphatic hydroxyl groups excluding tert-OH is 1. The van der Waals surface area contributed by atoms with Crippen LogP contribution < -0.4 is 0 Å². The highest BCUT2D eigenvalue weighted by molar-refractivity contribution is 9.11. The molecule has 5 heteroatoms. The third kappa shape index (κ3) is 2.07. The molecule has 2 unspecified atom stereocenters. The van der Waals surface area contributed by atoms with E-state index >= 15 is 0 Å².